The maximum absolute atomic E-state index is 13.1. The Kier molecular flexibility index (Phi) is 20.4. The van der Waals surface area contributed by atoms with Crippen LogP contribution in [0.2, 0.25) is 0 Å². The summed E-state index contributed by atoms with van der Waals surface area (Å²) in [5.74, 6) is -0.664. The van der Waals surface area contributed by atoms with Crippen molar-refractivity contribution in [2.24, 2.45) is 0 Å². The summed E-state index contributed by atoms with van der Waals surface area (Å²) >= 11 is 0. The van der Waals surface area contributed by atoms with E-state index in [9.17, 15) is 33.6 Å². The van der Waals surface area contributed by atoms with Crippen molar-refractivity contribution < 1.29 is 38.1 Å². The van der Waals surface area contributed by atoms with Gasteiger partial charge in [0, 0.05) is 19.2 Å². The molecule has 0 atom stereocenters. The zero-order valence-corrected chi connectivity index (χ0v) is 26.8. The molecule has 260 valence electrons. The van der Waals surface area contributed by atoms with E-state index in [1.807, 2.05) is 0 Å². The number of esters is 1. The Morgan fingerprint density at radius 3 is 1.28 bits per heavy atom. The van der Waals surface area contributed by atoms with Crippen molar-refractivity contribution in [3.8, 4) is 0 Å². The van der Waals surface area contributed by atoms with Crippen molar-refractivity contribution in [2.45, 2.75) is 84.8 Å². The Bertz CT molecular complexity index is 1220. The molecule has 0 radical (unpaired) electrons. The number of amides is 3. The number of ether oxygens (including phenoxy) is 4. The highest BCUT2D eigenvalue weighted by atomic mass is 16.6. The minimum absolute atomic E-state index is 0.0608. The fourth-order valence-electron chi connectivity index (χ4n) is 3.95. The van der Waals surface area contributed by atoms with Crippen molar-refractivity contribution in [3.05, 3.63) is 44.1 Å². The molecule has 1 heterocycles. The maximum atomic E-state index is 13.1. The highest BCUT2D eigenvalue weighted by molar-refractivity contribution is 5.81. The molecule has 1 rings (SSSR count). The average Bonchev–Trinajstić information content (AvgIpc) is 3.03. The Balaban J connectivity index is 2.91. The maximum Gasteiger partial charge on any atom is 0.407 e. The van der Waals surface area contributed by atoms with Gasteiger partial charge in [-0.2, -0.15) is 0 Å². The molecule has 0 fully saturated rings. The largest absolute Gasteiger partial charge is 0.461 e. The van der Waals surface area contributed by atoms with Gasteiger partial charge in [0.05, 0.1) is 26.2 Å². The predicted octanol–water partition coefficient (Wildman–Crippen LogP) is 1.24. The highest BCUT2D eigenvalue weighted by Gasteiger charge is 2.17. The van der Waals surface area contributed by atoms with Crippen LogP contribution in [-0.2, 0) is 43.4 Å². The number of carbonyl (C=O) groups excluding carboxylic acids is 4. The van der Waals surface area contributed by atoms with Crippen molar-refractivity contribution in [1.29, 1.82) is 0 Å². The number of aromatic nitrogens is 3. The molecule has 0 saturated carbocycles. The van der Waals surface area contributed by atoms with Crippen LogP contribution in [0.1, 0.15) is 65.2 Å². The van der Waals surface area contributed by atoms with Crippen LogP contribution in [0.3, 0.4) is 0 Å². The molecule has 17 nitrogen and oxygen atoms in total. The van der Waals surface area contributed by atoms with Gasteiger partial charge in [-0.05, 0) is 12.8 Å². The van der Waals surface area contributed by atoms with E-state index in [4.69, 9.17) is 18.9 Å². The molecular formula is C29H48N6O11. The quantitative estimate of drug-likeness (QED) is 0.0661. The first-order valence-electron chi connectivity index (χ1n) is 15.6. The Morgan fingerprint density at radius 2 is 0.935 bits per heavy atom. The summed E-state index contributed by atoms with van der Waals surface area (Å²) in [5.41, 5.74) is -3.02. The van der Waals surface area contributed by atoms with Crippen LogP contribution in [0.15, 0.2) is 27.0 Å². The van der Waals surface area contributed by atoms with Gasteiger partial charge in [-0.3, -0.25) is 0 Å². The smallest absolute Gasteiger partial charge is 0.407 e. The van der Waals surface area contributed by atoms with E-state index < -0.39 is 54.5 Å². The third kappa shape index (κ3) is 15.9. The lowest BCUT2D eigenvalue weighted by atomic mass is 10.2. The number of rotatable bonds is 23. The summed E-state index contributed by atoms with van der Waals surface area (Å²) in [4.78, 5) is 86.3. The molecule has 1 aromatic heterocycles. The number of alkyl carbamates (subject to hydrolysis) is 3. The molecular weight excluding hydrogens is 608 g/mol. The molecule has 3 amide bonds. The van der Waals surface area contributed by atoms with Gasteiger partial charge in [-0.1, -0.05) is 59.0 Å². The zero-order valence-electron chi connectivity index (χ0n) is 26.8. The molecule has 46 heavy (non-hydrogen) atoms. The lowest BCUT2D eigenvalue weighted by molar-refractivity contribution is -0.137. The van der Waals surface area contributed by atoms with Gasteiger partial charge in [0.25, 0.3) is 0 Å². The second-order valence-electron chi connectivity index (χ2n) is 9.98. The molecule has 3 N–H and O–H groups in total. The fraction of sp³-hybridized carbons (Fsp3) is 0.690. The Morgan fingerprint density at radius 1 is 0.565 bits per heavy atom. The monoisotopic (exact) mass is 656 g/mol. The molecule has 0 spiro atoms. The molecule has 0 bridgehead atoms. The molecule has 0 aliphatic heterocycles. The number of nitrogens with one attached hydrogen (secondary N) is 3. The van der Waals surface area contributed by atoms with Crippen molar-refractivity contribution in [1.82, 2.24) is 29.7 Å². The minimum atomic E-state index is -1.01. The van der Waals surface area contributed by atoms with Crippen LogP contribution in [-0.4, -0.2) is 84.0 Å². The summed E-state index contributed by atoms with van der Waals surface area (Å²) in [6.07, 6.45) is 6.27. The highest BCUT2D eigenvalue weighted by Crippen LogP contribution is 1.98. The number of nitrogens with zero attached hydrogens (tertiary/aromatic N) is 3. The number of carbonyl (C=O) groups is 4. The van der Waals surface area contributed by atoms with Crippen LogP contribution in [0, 0.1) is 0 Å². The summed E-state index contributed by atoms with van der Waals surface area (Å²) in [5, 5.41) is 7.51. The molecule has 0 saturated heterocycles. The van der Waals surface area contributed by atoms with E-state index in [0.717, 1.165) is 57.4 Å². The number of hydrogen-bond donors (Lipinski definition) is 3. The van der Waals surface area contributed by atoms with Gasteiger partial charge in [-0.25, -0.2) is 47.3 Å². The fourth-order valence-corrected chi connectivity index (χ4v) is 3.95. The molecule has 1 aromatic rings. The minimum Gasteiger partial charge on any atom is -0.461 e. The zero-order chi connectivity index (χ0) is 34.2. The number of unbranched alkanes of at least 4 members (excludes halogenated alkanes) is 6. The molecule has 0 aliphatic rings. The summed E-state index contributed by atoms with van der Waals surface area (Å²) < 4.78 is 22.0. The molecule has 17 heteroatoms. The predicted molar refractivity (Wildman–Crippen MR) is 167 cm³/mol. The van der Waals surface area contributed by atoms with Crippen LogP contribution in [0.4, 0.5) is 14.4 Å². The molecule has 0 aromatic carbocycles. The van der Waals surface area contributed by atoms with E-state index in [0.29, 0.717) is 26.8 Å². The Hall–Kier alpha value is -4.57. The molecule has 0 unspecified atom stereocenters. The number of hydrogen-bond acceptors (Lipinski definition) is 11. The van der Waals surface area contributed by atoms with Crippen molar-refractivity contribution in [2.75, 3.05) is 46.1 Å². The van der Waals surface area contributed by atoms with Crippen molar-refractivity contribution in [3.63, 3.8) is 0 Å². The van der Waals surface area contributed by atoms with E-state index in [2.05, 4.69) is 36.4 Å². The standard InChI is InChI=1S/C29H48N6O11/c1-4-7-9-11-13-30-24(37)44-20-16-33-27(40)34(17-21-45-25(38)31-14-12-10-8-5-2)29(42)35(28(33)41)18-22-46-26(39)32-15-19-43-23(36)6-3/h6H,3-5,7-22H2,1-2H3,(H,30,37)(H,31,38)(H,32,39). The lowest BCUT2D eigenvalue weighted by Crippen LogP contribution is -2.55. The van der Waals surface area contributed by atoms with Gasteiger partial charge in [0.15, 0.2) is 0 Å². The third-order valence-electron chi connectivity index (χ3n) is 6.41. The second-order valence-corrected chi connectivity index (χ2v) is 9.98. The Labute approximate surface area is 267 Å². The van der Waals surface area contributed by atoms with Gasteiger partial charge in [0.2, 0.25) is 0 Å². The van der Waals surface area contributed by atoms with Crippen molar-refractivity contribution >= 4 is 24.2 Å². The first-order valence-corrected chi connectivity index (χ1v) is 15.6. The third-order valence-corrected chi connectivity index (χ3v) is 6.41. The van der Waals surface area contributed by atoms with Crippen LogP contribution in [0.25, 0.3) is 0 Å². The summed E-state index contributed by atoms with van der Waals surface area (Å²) in [6.45, 7) is 5.73. The topological polar surface area (TPSA) is 207 Å². The first kappa shape index (κ1) is 39.5. The van der Waals surface area contributed by atoms with Crippen LogP contribution >= 0.6 is 0 Å². The second kappa shape index (κ2) is 23.8. The summed E-state index contributed by atoms with van der Waals surface area (Å²) in [7, 11) is 0. The van der Waals surface area contributed by atoms with Gasteiger partial charge in [-0.15, -0.1) is 0 Å². The molecule has 0 aliphatic carbocycles. The van der Waals surface area contributed by atoms with Gasteiger partial charge in [0.1, 0.15) is 26.4 Å². The van der Waals surface area contributed by atoms with Gasteiger partial charge < -0.3 is 34.9 Å². The van der Waals surface area contributed by atoms with E-state index in [-0.39, 0.29) is 39.5 Å². The average molecular weight is 657 g/mol. The van der Waals surface area contributed by atoms with E-state index >= 15 is 0 Å². The first-order chi connectivity index (χ1) is 22.2. The van der Waals surface area contributed by atoms with Gasteiger partial charge >= 0.3 is 41.3 Å². The lowest BCUT2D eigenvalue weighted by Gasteiger charge is -2.15. The summed E-state index contributed by atoms with van der Waals surface area (Å²) in [6, 6.07) is 0. The van der Waals surface area contributed by atoms with Crippen LogP contribution in [0.5, 0.6) is 0 Å². The van der Waals surface area contributed by atoms with E-state index in [1.54, 1.807) is 0 Å². The SMILES string of the molecule is C=CC(=O)OCCNC(=O)OCCn1c(=O)n(CCOC(=O)NCCCCCC)c(=O)n(CCOC(=O)NCCCCCC)c1=O. The normalized spacial score (nSPS) is 10.5. The van der Waals surface area contributed by atoms with E-state index in [1.165, 1.54) is 0 Å². The van der Waals surface area contributed by atoms with Crippen LogP contribution < -0.4 is 33.0 Å².